The first-order chi connectivity index (χ1) is 8.22. The minimum atomic E-state index is -0.214. The van der Waals surface area contributed by atoms with E-state index in [0.717, 1.165) is 19.3 Å². The molecule has 3 rings (SSSR count). The van der Waals surface area contributed by atoms with E-state index in [1.54, 1.807) is 0 Å². The van der Waals surface area contributed by atoms with Crippen LogP contribution >= 0.6 is 0 Å². The predicted octanol–water partition coefficient (Wildman–Crippen LogP) is 2.40. The molecule has 0 bridgehead atoms. The molecule has 3 heteroatoms. The van der Waals surface area contributed by atoms with Gasteiger partial charge in [0.15, 0.2) is 0 Å². The lowest BCUT2D eigenvalue weighted by Gasteiger charge is -2.24. The molecule has 0 amide bonds. The van der Waals surface area contributed by atoms with Gasteiger partial charge in [0.2, 0.25) is 0 Å². The average molecular weight is 232 g/mol. The van der Waals surface area contributed by atoms with E-state index < -0.39 is 0 Å². The highest BCUT2D eigenvalue weighted by molar-refractivity contribution is 5.66. The van der Waals surface area contributed by atoms with Crippen LogP contribution in [0.5, 0.6) is 0 Å². The number of benzene rings is 1. The van der Waals surface area contributed by atoms with E-state index in [0.29, 0.717) is 0 Å². The van der Waals surface area contributed by atoms with E-state index >= 15 is 0 Å². The number of hydrogen-bond donors (Lipinski definition) is 0. The topological polar surface area (TPSA) is 38.8 Å². The second kappa shape index (κ2) is 3.84. The summed E-state index contributed by atoms with van der Waals surface area (Å²) in [5.74, 6) is -0.214. The summed E-state index contributed by atoms with van der Waals surface area (Å²) in [7, 11) is 0. The van der Waals surface area contributed by atoms with E-state index in [2.05, 4.69) is 12.1 Å². The van der Waals surface area contributed by atoms with Crippen molar-refractivity contribution in [2.75, 3.05) is 0 Å². The third-order valence-corrected chi connectivity index (χ3v) is 3.69. The van der Waals surface area contributed by atoms with E-state index in [1.807, 2.05) is 18.2 Å². The molecule has 3 nitrogen and oxygen atoms in total. The zero-order valence-electron chi connectivity index (χ0n) is 9.89. The molecule has 3 atom stereocenters. The standard InChI is InChI=1S/C14H16O3/c1-10(15)16-12-8-5-9-14(13(12)17-14)11-6-3-2-4-7-11/h2-4,6-7,12-13H,5,8-9H2,1H3/t12-,13-,14-/m1/s1. The molecule has 1 aliphatic heterocycles. The summed E-state index contributed by atoms with van der Waals surface area (Å²) in [6.07, 6.45) is 2.98. The van der Waals surface area contributed by atoms with E-state index in [1.165, 1.54) is 12.5 Å². The maximum atomic E-state index is 11.0. The molecule has 1 heterocycles. The molecule has 17 heavy (non-hydrogen) atoms. The minimum absolute atomic E-state index is 0.0579. The van der Waals surface area contributed by atoms with Crippen LogP contribution in [0.2, 0.25) is 0 Å². The molecule has 0 unspecified atom stereocenters. The van der Waals surface area contributed by atoms with Crippen LogP contribution in [0.3, 0.4) is 0 Å². The maximum absolute atomic E-state index is 11.0. The van der Waals surface area contributed by atoms with E-state index in [9.17, 15) is 4.79 Å². The summed E-state index contributed by atoms with van der Waals surface area (Å²) in [6.45, 7) is 1.46. The van der Waals surface area contributed by atoms with E-state index in [-0.39, 0.29) is 23.8 Å². The maximum Gasteiger partial charge on any atom is 0.302 e. The Morgan fingerprint density at radius 2 is 2.18 bits per heavy atom. The summed E-state index contributed by atoms with van der Waals surface area (Å²) in [5.41, 5.74) is 1.03. The monoisotopic (exact) mass is 232 g/mol. The third-order valence-electron chi connectivity index (χ3n) is 3.69. The van der Waals surface area contributed by atoms with Gasteiger partial charge < -0.3 is 9.47 Å². The van der Waals surface area contributed by atoms with Crippen LogP contribution in [0.1, 0.15) is 31.7 Å². The second-order valence-electron chi connectivity index (χ2n) is 4.83. The molecule has 1 aromatic rings. The van der Waals surface area contributed by atoms with Gasteiger partial charge in [-0.15, -0.1) is 0 Å². The van der Waals surface area contributed by atoms with Gasteiger partial charge in [-0.1, -0.05) is 30.3 Å². The van der Waals surface area contributed by atoms with Crippen molar-refractivity contribution in [3.63, 3.8) is 0 Å². The Bertz CT molecular complexity index is 428. The first kappa shape index (κ1) is 10.8. The van der Waals surface area contributed by atoms with Crippen molar-refractivity contribution in [2.45, 2.75) is 44.0 Å². The molecule has 0 aromatic heterocycles. The summed E-state index contributed by atoms with van der Waals surface area (Å²) in [4.78, 5) is 11.0. The van der Waals surface area contributed by atoms with Gasteiger partial charge in [0.25, 0.3) is 0 Å². The third kappa shape index (κ3) is 1.75. The van der Waals surface area contributed by atoms with Gasteiger partial charge in [-0.25, -0.2) is 0 Å². The number of carbonyl (C=O) groups is 1. The second-order valence-corrected chi connectivity index (χ2v) is 4.83. The summed E-state index contributed by atoms with van der Waals surface area (Å²) < 4.78 is 11.2. The fraction of sp³-hybridized carbons (Fsp3) is 0.500. The van der Waals surface area contributed by atoms with Crippen molar-refractivity contribution in [1.29, 1.82) is 0 Å². The van der Waals surface area contributed by atoms with Gasteiger partial charge in [-0.3, -0.25) is 4.79 Å². The molecule has 1 saturated carbocycles. The normalized spacial score (nSPS) is 34.9. The van der Waals surface area contributed by atoms with Gasteiger partial charge in [-0.05, 0) is 24.8 Å². The first-order valence-corrected chi connectivity index (χ1v) is 6.13. The molecule has 0 N–H and O–H groups in total. The Hall–Kier alpha value is -1.35. The van der Waals surface area contributed by atoms with Crippen molar-refractivity contribution < 1.29 is 14.3 Å². The van der Waals surface area contributed by atoms with Crippen LogP contribution < -0.4 is 0 Å². The van der Waals surface area contributed by atoms with Crippen molar-refractivity contribution in [2.24, 2.45) is 0 Å². The number of ether oxygens (including phenoxy) is 2. The van der Waals surface area contributed by atoms with Gasteiger partial charge >= 0.3 is 5.97 Å². The minimum Gasteiger partial charge on any atom is -0.460 e. The molecule has 1 aromatic carbocycles. The van der Waals surface area contributed by atoms with Crippen LogP contribution in [0.25, 0.3) is 0 Å². The van der Waals surface area contributed by atoms with Crippen LogP contribution in [0, 0.1) is 0 Å². The average Bonchev–Trinajstić information content (AvgIpc) is 3.07. The fourth-order valence-electron chi connectivity index (χ4n) is 2.92. The molecule has 0 spiro atoms. The summed E-state index contributed by atoms with van der Waals surface area (Å²) in [6, 6.07) is 10.2. The highest BCUT2D eigenvalue weighted by atomic mass is 16.6. The Morgan fingerprint density at radius 1 is 1.41 bits per heavy atom. The fourth-order valence-corrected chi connectivity index (χ4v) is 2.92. The van der Waals surface area contributed by atoms with Gasteiger partial charge in [0.1, 0.15) is 17.8 Å². The Kier molecular flexibility index (Phi) is 2.44. The van der Waals surface area contributed by atoms with Crippen LogP contribution in [-0.4, -0.2) is 18.2 Å². The molecule has 0 radical (unpaired) electrons. The van der Waals surface area contributed by atoms with Crippen molar-refractivity contribution in [3.8, 4) is 0 Å². The Balaban J connectivity index is 1.81. The Morgan fingerprint density at radius 3 is 2.88 bits per heavy atom. The SMILES string of the molecule is CC(=O)O[C@@H]1CCC[C@]2(c3ccccc3)O[C@H]12. The molecular formula is C14H16O3. The van der Waals surface area contributed by atoms with Crippen molar-refractivity contribution >= 4 is 5.97 Å². The molecular weight excluding hydrogens is 216 g/mol. The van der Waals surface area contributed by atoms with E-state index in [4.69, 9.17) is 9.47 Å². The number of carbonyl (C=O) groups excluding carboxylic acids is 1. The first-order valence-electron chi connectivity index (χ1n) is 6.13. The summed E-state index contributed by atoms with van der Waals surface area (Å²) in [5, 5.41) is 0. The number of rotatable bonds is 2. The highest BCUT2D eigenvalue weighted by Crippen LogP contribution is 2.55. The van der Waals surface area contributed by atoms with Crippen LogP contribution in [0.15, 0.2) is 30.3 Å². The lowest BCUT2D eigenvalue weighted by molar-refractivity contribution is -0.148. The van der Waals surface area contributed by atoms with Gasteiger partial charge in [-0.2, -0.15) is 0 Å². The van der Waals surface area contributed by atoms with Gasteiger partial charge in [0, 0.05) is 6.92 Å². The molecule has 1 aliphatic carbocycles. The largest absolute Gasteiger partial charge is 0.460 e. The summed E-state index contributed by atoms with van der Waals surface area (Å²) >= 11 is 0. The lowest BCUT2D eigenvalue weighted by Crippen LogP contribution is -2.31. The smallest absolute Gasteiger partial charge is 0.302 e. The molecule has 1 saturated heterocycles. The molecule has 2 aliphatic rings. The number of hydrogen-bond acceptors (Lipinski definition) is 3. The number of esters is 1. The van der Waals surface area contributed by atoms with Crippen LogP contribution in [-0.2, 0) is 19.9 Å². The highest BCUT2D eigenvalue weighted by Gasteiger charge is 2.63. The van der Waals surface area contributed by atoms with Crippen LogP contribution in [0.4, 0.5) is 0 Å². The number of fused-ring (bicyclic) bond motifs is 1. The number of epoxide rings is 1. The quantitative estimate of drug-likeness (QED) is 0.580. The molecule has 90 valence electrons. The zero-order chi connectivity index (χ0) is 11.9. The molecule has 2 fully saturated rings. The predicted molar refractivity (Wildman–Crippen MR) is 62.4 cm³/mol. The Labute approximate surface area is 101 Å². The van der Waals surface area contributed by atoms with Crippen molar-refractivity contribution in [3.05, 3.63) is 35.9 Å². The lowest BCUT2D eigenvalue weighted by atomic mass is 9.82. The van der Waals surface area contributed by atoms with Crippen molar-refractivity contribution in [1.82, 2.24) is 0 Å². The van der Waals surface area contributed by atoms with Gasteiger partial charge in [0.05, 0.1) is 0 Å². The zero-order valence-corrected chi connectivity index (χ0v) is 9.89.